The fourth-order valence-corrected chi connectivity index (χ4v) is 1.47. The number of rotatable bonds is 5. The summed E-state index contributed by atoms with van der Waals surface area (Å²) in [6, 6.07) is 4.27. The molecular weight excluding hydrogens is 238 g/mol. The summed E-state index contributed by atoms with van der Waals surface area (Å²) >= 11 is 0. The summed E-state index contributed by atoms with van der Waals surface area (Å²) in [6.07, 6.45) is 0.0981. The maximum Gasteiger partial charge on any atom is 0.183 e. The molecule has 98 valence electrons. The van der Waals surface area contributed by atoms with Crippen LogP contribution in [0.1, 0.15) is 19.4 Å². The predicted molar refractivity (Wildman–Crippen MR) is 65.4 cm³/mol. The van der Waals surface area contributed by atoms with Gasteiger partial charge >= 0.3 is 0 Å². The first-order valence-corrected chi connectivity index (χ1v) is 5.68. The second-order valence-electron chi connectivity index (χ2n) is 4.21. The van der Waals surface area contributed by atoms with Gasteiger partial charge in [-0.25, -0.2) is 8.78 Å². The zero-order valence-corrected chi connectivity index (χ0v) is 10.7. The quantitative estimate of drug-likeness (QED) is 0.810. The maximum absolute atomic E-state index is 13.7. The first-order valence-electron chi connectivity index (χ1n) is 5.68. The highest BCUT2D eigenvalue weighted by Crippen LogP contribution is 2.22. The Morgan fingerprint density at radius 3 is 2.56 bits per heavy atom. The van der Waals surface area contributed by atoms with E-state index in [1.54, 1.807) is 18.0 Å². The second kappa shape index (κ2) is 6.31. The minimum absolute atomic E-state index is 0.0981. The van der Waals surface area contributed by atoms with E-state index in [9.17, 15) is 8.78 Å². The summed E-state index contributed by atoms with van der Waals surface area (Å²) in [4.78, 5) is 1.56. The number of ether oxygens (including phenoxy) is 1. The van der Waals surface area contributed by atoms with Crippen LogP contribution in [0, 0.1) is 23.0 Å². The molecule has 1 aromatic carbocycles. The standard InChI is InChI=1S/C13H16F2N2O/c1-9(2)18-7-6-17(3)11-5-4-10(8-16)12(14)13(11)15/h4-5,9H,6-7H2,1-3H3. The van der Waals surface area contributed by atoms with Gasteiger partial charge in [-0.2, -0.15) is 5.26 Å². The van der Waals surface area contributed by atoms with E-state index in [0.29, 0.717) is 13.2 Å². The molecule has 0 aliphatic heterocycles. The highest BCUT2D eigenvalue weighted by atomic mass is 19.2. The smallest absolute Gasteiger partial charge is 0.183 e. The van der Waals surface area contributed by atoms with Crippen molar-refractivity contribution in [1.82, 2.24) is 0 Å². The van der Waals surface area contributed by atoms with Crippen LogP contribution in [0.25, 0.3) is 0 Å². The highest BCUT2D eigenvalue weighted by Gasteiger charge is 2.15. The molecule has 0 aliphatic rings. The van der Waals surface area contributed by atoms with Gasteiger partial charge in [0.15, 0.2) is 11.6 Å². The Labute approximate surface area is 106 Å². The average molecular weight is 254 g/mol. The van der Waals surface area contributed by atoms with E-state index in [4.69, 9.17) is 10.00 Å². The maximum atomic E-state index is 13.7. The number of hydrogen-bond donors (Lipinski definition) is 0. The SMILES string of the molecule is CC(C)OCCN(C)c1ccc(C#N)c(F)c1F. The number of benzene rings is 1. The van der Waals surface area contributed by atoms with Crippen LogP contribution >= 0.6 is 0 Å². The van der Waals surface area contributed by atoms with E-state index in [0.717, 1.165) is 0 Å². The molecule has 0 aromatic heterocycles. The van der Waals surface area contributed by atoms with E-state index in [1.165, 1.54) is 12.1 Å². The highest BCUT2D eigenvalue weighted by molar-refractivity contribution is 5.51. The fraction of sp³-hybridized carbons (Fsp3) is 0.462. The fourth-order valence-electron chi connectivity index (χ4n) is 1.47. The van der Waals surface area contributed by atoms with Crippen LogP contribution in [0.4, 0.5) is 14.5 Å². The number of nitrogens with zero attached hydrogens (tertiary/aromatic N) is 2. The molecule has 0 bridgehead atoms. The molecule has 0 fully saturated rings. The predicted octanol–water partition coefficient (Wildman–Crippen LogP) is 2.70. The molecule has 0 unspecified atom stereocenters. The summed E-state index contributed by atoms with van der Waals surface area (Å²) < 4.78 is 32.4. The molecule has 0 atom stereocenters. The third-order valence-electron chi connectivity index (χ3n) is 2.47. The Morgan fingerprint density at radius 1 is 1.33 bits per heavy atom. The van der Waals surface area contributed by atoms with Gasteiger partial charge in [0.2, 0.25) is 0 Å². The molecular formula is C13H16F2N2O. The normalized spacial score (nSPS) is 10.5. The van der Waals surface area contributed by atoms with Gasteiger partial charge < -0.3 is 9.64 Å². The minimum atomic E-state index is -1.10. The Hall–Kier alpha value is -1.67. The molecule has 0 saturated heterocycles. The lowest BCUT2D eigenvalue weighted by molar-refractivity contribution is 0.0845. The minimum Gasteiger partial charge on any atom is -0.377 e. The first kappa shape index (κ1) is 14.4. The van der Waals surface area contributed by atoms with Crippen molar-refractivity contribution in [2.45, 2.75) is 20.0 Å². The molecule has 0 radical (unpaired) electrons. The van der Waals surface area contributed by atoms with E-state index < -0.39 is 11.6 Å². The molecule has 1 rings (SSSR count). The number of likely N-dealkylation sites (N-methyl/N-ethyl adjacent to an activating group) is 1. The van der Waals surface area contributed by atoms with E-state index in [1.807, 2.05) is 13.8 Å². The van der Waals surface area contributed by atoms with Crippen LogP contribution in [0.15, 0.2) is 12.1 Å². The van der Waals surface area contributed by atoms with Gasteiger partial charge in [0.1, 0.15) is 6.07 Å². The van der Waals surface area contributed by atoms with Gasteiger partial charge in [-0.15, -0.1) is 0 Å². The van der Waals surface area contributed by atoms with Crippen molar-refractivity contribution in [3.63, 3.8) is 0 Å². The third-order valence-corrected chi connectivity index (χ3v) is 2.47. The van der Waals surface area contributed by atoms with Crippen LogP contribution in [0.5, 0.6) is 0 Å². The molecule has 0 heterocycles. The van der Waals surface area contributed by atoms with E-state index in [2.05, 4.69) is 0 Å². The van der Waals surface area contributed by atoms with Crippen LogP contribution in [-0.2, 0) is 4.74 Å². The summed E-state index contributed by atoms with van der Waals surface area (Å²) in [6.45, 7) is 4.68. The van der Waals surface area contributed by atoms with Crippen molar-refractivity contribution in [2.24, 2.45) is 0 Å². The molecule has 0 saturated carbocycles. The van der Waals surface area contributed by atoms with Crippen molar-refractivity contribution in [3.05, 3.63) is 29.3 Å². The zero-order chi connectivity index (χ0) is 13.7. The van der Waals surface area contributed by atoms with Gasteiger partial charge in [0.25, 0.3) is 0 Å². The lowest BCUT2D eigenvalue weighted by Crippen LogP contribution is -2.25. The Bertz CT molecular complexity index is 455. The average Bonchev–Trinajstić information content (AvgIpc) is 2.32. The van der Waals surface area contributed by atoms with Gasteiger partial charge in [0.05, 0.1) is 24.0 Å². The van der Waals surface area contributed by atoms with Crippen molar-refractivity contribution >= 4 is 5.69 Å². The lowest BCUT2D eigenvalue weighted by atomic mass is 10.2. The summed E-state index contributed by atoms with van der Waals surface area (Å²) in [5.74, 6) is -2.10. The molecule has 0 N–H and O–H groups in total. The van der Waals surface area contributed by atoms with E-state index in [-0.39, 0.29) is 17.4 Å². The monoisotopic (exact) mass is 254 g/mol. The van der Waals surface area contributed by atoms with Gasteiger partial charge in [-0.3, -0.25) is 0 Å². The van der Waals surface area contributed by atoms with Crippen LogP contribution < -0.4 is 4.90 Å². The zero-order valence-electron chi connectivity index (χ0n) is 10.7. The van der Waals surface area contributed by atoms with Gasteiger partial charge in [-0.1, -0.05) is 0 Å². The van der Waals surface area contributed by atoms with Crippen LogP contribution in [0.3, 0.4) is 0 Å². The summed E-state index contributed by atoms with van der Waals surface area (Å²) in [7, 11) is 1.65. The first-order chi connectivity index (χ1) is 8.47. The molecule has 0 aliphatic carbocycles. The summed E-state index contributed by atoms with van der Waals surface area (Å²) in [5.41, 5.74) is -0.165. The molecule has 5 heteroatoms. The topological polar surface area (TPSA) is 36.3 Å². The molecule has 0 spiro atoms. The van der Waals surface area contributed by atoms with Crippen LogP contribution in [0.2, 0.25) is 0 Å². The van der Waals surface area contributed by atoms with Crippen molar-refractivity contribution in [3.8, 4) is 6.07 Å². The van der Waals surface area contributed by atoms with Gasteiger partial charge in [-0.05, 0) is 26.0 Å². The van der Waals surface area contributed by atoms with Gasteiger partial charge in [0, 0.05) is 13.6 Å². The number of halogens is 2. The molecule has 18 heavy (non-hydrogen) atoms. The Morgan fingerprint density at radius 2 is 2.00 bits per heavy atom. The van der Waals surface area contributed by atoms with Crippen LogP contribution in [-0.4, -0.2) is 26.3 Å². The largest absolute Gasteiger partial charge is 0.377 e. The Balaban J connectivity index is 2.78. The van der Waals surface area contributed by atoms with E-state index >= 15 is 0 Å². The summed E-state index contributed by atoms with van der Waals surface area (Å²) in [5, 5.41) is 8.58. The Kier molecular flexibility index (Phi) is 5.05. The number of nitriles is 1. The molecule has 0 amide bonds. The molecule has 1 aromatic rings. The third kappa shape index (κ3) is 3.41. The lowest BCUT2D eigenvalue weighted by Gasteiger charge is -2.20. The van der Waals surface area contributed by atoms with Crippen molar-refractivity contribution in [2.75, 3.05) is 25.1 Å². The number of hydrogen-bond acceptors (Lipinski definition) is 3. The van der Waals surface area contributed by atoms with Crippen molar-refractivity contribution < 1.29 is 13.5 Å². The second-order valence-corrected chi connectivity index (χ2v) is 4.21. The van der Waals surface area contributed by atoms with Crippen molar-refractivity contribution in [1.29, 1.82) is 5.26 Å². The molecule has 3 nitrogen and oxygen atoms in total. The number of anilines is 1.